The van der Waals surface area contributed by atoms with Gasteiger partial charge in [-0.1, -0.05) is 27.7 Å². The monoisotopic (exact) mass is 296 g/mol. The van der Waals surface area contributed by atoms with E-state index in [1.54, 1.807) is 11.0 Å². The van der Waals surface area contributed by atoms with Crippen molar-refractivity contribution in [1.29, 1.82) is 0 Å². The van der Waals surface area contributed by atoms with Crippen LogP contribution in [0.3, 0.4) is 0 Å². The molecular weight excluding hydrogens is 272 g/mol. The zero-order valence-electron chi connectivity index (χ0n) is 13.0. The van der Waals surface area contributed by atoms with Crippen LogP contribution in [-0.2, 0) is 6.54 Å². The van der Waals surface area contributed by atoms with Crippen molar-refractivity contribution in [2.75, 3.05) is 13.1 Å². The third kappa shape index (κ3) is 5.89. The second-order valence-corrected chi connectivity index (χ2v) is 5.92. The summed E-state index contributed by atoms with van der Waals surface area (Å²) in [6.07, 6.45) is 0. The molecule has 0 saturated heterocycles. The number of urea groups is 1. The Morgan fingerprint density at radius 1 is 1.19 bits per heavy atom. The van der Waals surface area contributed by atoms with Gasteiger partial charge < -0.3 is 19.7 Å². The fourth-order valence-corrected chi connectivity index (χ4v) is 1.98. The molecule has 21 heavy (non-hydrogen) atoms. The zero-order chi connectivity index (χ0) is 16.0. The third-order valence-electron chi connectivity index (χ3n) is 2.74. The molecule has 0 radical (unpaired) electrons. The van der Waals surface area contributed by atoms with E-state index in [9.17, 15) is 9.59 Å². The molecule has 0 atom stereocenters. The Kier molecular flexibility index (Phi) is 6.27. The van der Waals surface area contributed by atoms with Gasteiger partial charge >= 0.3 is 12.0 Å². The number of carbonyl (C=O) groups excluding carboxylic acids is 1. The molecule has 1 heterocycles. The van der Waals surface area contributed by atoms with E-state index in [0.29, 0.717) is 30.7 Å². The Morgan fingerprint density at radius 3 is 2.19 bits per heavy atom. The van der Waals surface area contributed by atoms with Gasteiger partial charge in [-0.25, -0.2) is 9.59 Å². The first-order chi connectivity index (χ1) is 9.79. The lowest BCUT2D eigenvalue weighted by Crippen LogP contribution is -2.43. The molecule has 2 N–H and O–H groups in total. The van der Waals surface area contributed by atoms with E-state index < -0.39 is 5.97 Å². The van der Waals surface area contributed by atoms with Gasteiger partial charge in [0.25, 0.3) is 0 Å². The first-order valence-corrected chi connectivity index (χ1v) is 7.14. The van der Waals surface area contributed by atoms with Crippen molar-refractivity contribution in [3.05, 3.63) is 23.7 Å². The number of aromatic carboxylic acids is 1. The second kappa shape index (κ2) is 7.71. The van der Waals surface area contributed by atoms with Gasteiger partial charge in [0, 0.05) is 13.1 Å². The van der Waals surface area contributed by atoms with Gasteiger partial charge in [-0.3, -0.25) is 0 Å². The average molecular weight is 296 g/mol. The van der Waals surface area contributed by atoms with Gasteiger partial charge in [0.15, 0.2) is 0 Å². The van der Waals surface area contributed by atoms with E-state index in [-0.39, 0.29) is 18.3 Å². The fraction of sp³-hybridized carbons (Fsp3) is 0.600. The van der Waals surface area contributed by atoms with Crippen molar-refractivity contribution in [3.8, 4) is 0 Å². The summed E-state index contributed by atoms with van der Waals surface area (Å²) < 4.78 is 5.10. The number of furan rings is 1. The van der Waals surface area contributed by atoms with Crippen molar-refractivity contribution >= 4 is 12.0 Å². The summed E-state index contributed by atoms with van der Waals surface area (Å²) in [4.78, 5) is 24.7. The minimum Gasteiger partial charge on any atom is -0.475 e. The van der Waals surface area contributed by atoms with Gasteiger partial charge in [-0.15, -0.1) is 0 Å². The topological polar surface area (TPSA) is 82.8 Å². The number of nitrogens with one attached hydrogen (secondary N) is 1. The van der Waals surface area contributed by atoms with Crippen molar-refractivity contribution in [1.82, 2.24) is 10.2 Å². The van der Waals surface area contributed by atoms with E-state index in [2.05, 4.69) is 33.0 Å². The Balaban J connectivity index is 2.57. The van der Waals surface area contributed by atoms with Gasteiger partial charge in [0.2, 0.25) is 5.76 Å². The van der Waals surface area contributed by atoms with E-state index in [1.165, 1.54) is 6.07 Å². The molecule has 0 saturated carbocycles. The quantitative estimate of drug-likeness (QED) is 0.810. The molecular formula is C15H24N2O4. The lowest BCUT2D eigenvalue weighted by molar-refractivity contribution is 0.0660. The molecule has 0 aliphatic carbocycles. The van der Waals surface area contributed by atoms with E-state index in [4.69, 9.17) is 9.52 Å². The van der Waals surface area contributed by atoms with E-state index in [1.807, 2.05) is 0 Å². The summed E-state index contributed by atoms with van der Waals surface area (Å²) >= 11 is 0. The molecule has 2 amide bonds. The number of amides is 2. The molecule has 0 aliphatic rings. The maximum Gasteiger partial charge on any atom is 0.371 e. The van der Waals surface area contributed by atoms with Crippen LogP contribution >= 0.6 is 0 Å². The molecule has 6 nitrogen and oxygen atoms in total. The summed E-state index contributed by atoms with van der Waals surface area (Å²) in [7, 11) is 0. The second-order valence-electron chi connectivity index (χ2n) is 5.92. The highest BCUT2D eigenvalue weighted by Crippen LogP contribution is 2.08. The number of carboxylic acid groups (broad SMARTS) is 1. The SMILES string of the molecule is CC(C)CN(CC(C)C)C(=O)NCc1ccc(C(=O)O)o1. The number of rotatable bonds is 7. The first kappa shape index (κ1) is 17.1. The average Bonchev–Trinajstić information content (AvgIpc) is 2.82. The molecule has 1 aromatic rings. The Labute approximate surface area is 125 Å². The summed E-state index contributed by atoms with van der Waals surface area (Å²) in [5.41, 5.74) is 0. The van der Waals surface area contributed by atoms with Crippen LogP contribution in [0.4, 0.5) is 4.79 Å². The lowest BCUT2D eigenvalue weighted by Gasteiger charge is -2.26. The summed E-state index contributed by atoms with van der Waals surface area (Å²) in [6.45, 7) is 9.79. The molecule has 6 heteroatoms. The molecule has 0 unspecified atom stereocenters. The Bertz CT molecular complexity index is 470. The standard InChI is InChI=1S/C15H24N2O4/c1-10(2)8-17(9-11(3)4)15(20)16-7-12-5-6-13(21-12)14(18)19/h5-6,10-11H,7-9H2,1-4H3,(H,16,20)(H,18,19). The highest BCUT2D eigenvalue weighted by atomic mass is 16.4. The smallest absolute Gasteiger partial charge is 0.371 e. The molecule has 0 spiro atoms. The van der Waals surface area contributed by atoms with Gasteiger partial charge in [0.1, 0.15) is 5.76 Å². The summed E-state index contributed by atoms with van der Waals surface area (Å²) in [6, 6.07) is 2.77. The number of carboxylic acids is 1. The minimum absolute atomic E-state index is 0.125. The van der Waals surface area contributed by atoms with Crippen molar-refractivity contribution < 1.29 is 19.1 Å². The summed E-state index contributed by atoms with van der Waals surface area (Å²) in [5, 5.41) is 11.5. The summed E-state index contributed by atoms with van der Waals surface area (Å²) in [5.74, 6) is -0.0440. The molecule has 0 aliphatic heterocycles. The van der Waals surface area contributed by atoms with Crippen molar-refractivity contribution in [2.24, 2.45) is 11.8 Å². The largest absolute Gasteiger partial charge is 0.475 e. The predicted molar refractivity (Wildman–Crippen MR) is 79.2 cm³/mol. The number of hydrogen-bond donors (Lipinski definition) is 2. The Morgan fingerprint density at radius 2 is 1.76 bits per heavy atom. The van der Waals surface area contributed by atoms with Crippen LogP contribution in [0.5, 0.6) is 0 Å². The van der Waals surface area contributed by atoms with Gasteiger partial charge in [-0.2, -0.15) is 0 Å². The third-order valence-corrected chi connectivity index (χ3v) is 2.74. The van der Waals surface area contributed by atoms with Crippen LogP contribution < -0.4 is 5.32 Å². The first-order valence-electron chi connectivity index (χ1n) is 7.14. The number of hydrogen-bond acceptors (Lipinski definition) is 3. The van der Waals surface area contributed by atoms with E-state index in [0.717, 1.165) is 0 Å². The highest BCUT2D eigenvalue weighted by Gasteiger charge is 2.16. The molecule has 118 valence electrons. The van der Waals surface area contributed by atoms with Crippen LogP contribution in [0.2, 0.25) is 0 Å². The molecule has 1 rings (SSSR count). The highest BCUT2D eigenvalue weighted by molar-refractivity contribution is 5.84. The Hall–Kier alpha value is -1.98. The number of carbonyl (C=O) groups is 2. The lowest BCUT2D eigenvalue weighted by atomic mass is 10.1. The van der Waals surface area contributed by atoms with Crippen molar-refractivity contribution in [3.63, 3.8) is 0 Å². The number of nitrogens with zero attached hydrogens (tertiary/aromatic N) is 1. The molecule has 0 fully saturated rings. The zero-order valence-corrected chi connectivity index (χ0v) is 13.0. The molecule has 0 bridgehead atoms. The van der Waals surface area contributed by atoms with Crippen molar-refractivity contribution in [2.45, 2.75) is 34.2 Å². The van der Waals surface area contributed by atoms with Crippen LogP contribution in [0, 0.1) is 11.8 Å². The van der Waals surface area contributed by atoms with Gasteiger partial charge in [0.05, 0.1) is 6.54 Å². The maximum absolute atomic E-state index is 12.2. The van der Waals surface area contributed by atoms with E-state index >= 15 is 0 Å². The maximum atomic E-state index is 12.2. The predicted octanol–water partition coefficient (Wildman–Crippen LogP) is 2.80. The van der Waals surface area contributed by atoms with Crippen LogP contribution in [-0.4, -0.2) is 35.1 Å². The minimum atomic E-state index is -1.12. The van der Waals surface area contributed by atoms with Crippen LogP contribution in [0.1, 0.15) is 44.0 Å². The van der Waals surface area contributed by atoms with Crippen LogP contribution in [0.25, 0.3) is 0 Å². The van der Waals surface area contributed by atoms with Crippen LogP contribution in [0.15, 0.2) is 16.5 Å². The fourth-order valence-electron chi connectivity index (χ4n) is 1.98. The normalized spacial score (nSPS) is 11.0. The van der Waals surface area contributed by atoms with Gasteiger partial charge in [-0.05, 0) is 24.0 Å². The molecule has 1 aromatic heterocycles. The molecule has 0 aromatic carbocycles.